The Bertz CT molecular complexity index is 276. The number of carbonyl (C=O) groups is 2. The van der Waals surface area contributed by atoms with Crippen molar-refractivity contribution in [2.75, 3.05) is 13.1 Å². The van der Waals surface area contributed by atoms with Crippen LogP contribution in [0.5, 0.6) is 0 Å². The molecule has 0 saturated heterocycles. The summed E-state index contributed by atoms with van der Waals surface area (Å²) in [7, 11) is 0. The average molecular weight is 247 g/mol. The zero-order valence-electron chi connectivity index (χ0n) is 11.7. The van der Waals surface area contributed by atoms with E-state index in [9.17, 15) is 14.7 Å². The molecule has 0 fully saturated rings. The minimum Gasteiger partial charge on any atom is -0.390 e. The first kappa shape index (κ1) is 13.9. The van der Waals surface area contributed by atoms with Gasteiger partial charge >= 0.3 is 0 Å². The zero-order valence-corrected chi connectivity index (χ0v) is 10.7. The number of nitrogens with zero attached hydrogens (tertiary/aromatic N) is 1. The predicted molar refractivity (Wildman–Crippen MR) is 65.0 cm³/mol. The van der Waals surface area contributed by atoms with Gasteiger partial charge in [0.25, 0.3) is 0 Å². The summed E-state index contributed by atoms with van der Waals surface area (Å²) in [6.07, 6.45) is -0.234. The number of rotatable bonds is 7. The number of likely N-dealkylation sites (N-methyl/N-ethyl adjacent to an activating group) is 1. The zero-order chi connectivity index (χ0) is 14.1. The quantitative estimate of drug-likeness (QED) is 0.536. The molecule has 2 atom stereocenters. The van der Waals surface area contributed by atoms with Crippen molar-refractivity contribution in [2.24, 2.45) is 0 Å². The van der Waals surface area contributed by atoms with E-state index in [1.807, 2.05) is 13.8 Å². The maximum atomic E-state index is 11.1. The van der Waals surface area contributed by atoms with Gasteiger partial charge in [0.15, 0.2) is 0 Å². The van der Waals surface area contributed by atoms with Crippen LogP contribution in [-0.4, -0.2) is 47.2 Å². The molecule has 17 heavy (non-hydrogen) atoms. The van der Waals surface area contributed by atoms with Crippen LogP contribution in [0.15, 0.2) is 0 Å². The van der Waals surface area contributed by atoms with Crippen molar-refractivity contribution >= 4 is 11.8 Å². The highest BCUT2D eigenvalue weighted by atomic mass is 16.3. The second kappa shape index (κ2) is 8.03. The molecule has 0 aliphatic heterocycles. The largest absolute Gasteiger partial charge is 0.390 e. The van der Waals surface area contributed by atoms with E-state index in [1.165, 1.54) is 6.92 Å². The molecular weight excluding hydrogens is 222 g/mol. The standard InChI is InChI=1S/C11H23N3O3/c1-5-10(12-8(3)15)11(17)7-14(6-2)13-9(4)16/h10-11,17H,5-7H2,1-4H3,(H,12,15)(H,13,16)/i3T. The highest BCUT2D eigenvalue weighted by molar-refractivity contribution is 5.73. The van der Waals surface area contributed by atoms with Crippen LogP contribution in [0.2, 0.25) is 0 Å². The summed E-state index contributed by atoms with van der Waals surface area (Å²) < 4.78 is 6.93. The number of carbonyl (C=O) groups excluding carboxylic acids is 2. The van der Waals surface area contributed by atoms with Crippen LogP contribution in [0.3, 0.4) is 0 Å². The fourth-order valence-electron chi connectivity index (χ4n) is 1.51. The molecule has 3 N–H and O–H groups in total. The van der Waals surface area contributed by atoms with E-state index in [4.69, 9.17) is 1.37 Å². The van der Waals surface area contributed by atoms with Gasteiger partial charge in [0.05, 0.1) is 12.1 Å². The van der Waals surface area contributed by atoms with Crippen molar-refractivity contribution in [1.82, 2.24) is 15.8 Å². The number of hydrogen-bond acceptors (Lipinski definition) is 4. The van der Waals surface area contributed by atoms with Gasteiger partial charge in [-0.15, -0.1) is 0 Å². The third-order valence-corrected chi connectivity index (χ3v) is 2.36. The van der Waals surface area contributed by atoms with Crippen molar-refractivity contribution < 1.29 is 16.1 Å². The van der Waals surface area contributed by atoms with Crippen molar-refractivity contribution in [1.29, 1.82) is 0 Å². The monoisotopic (exact) mass is 247 g/mol. The molecule has 6 heteroatoms. The van der Waals surface area contributed by atoms with Gasteiger partial charge in [0.2, 0.25) is 11.8 Å². The van der Waals surface area contributed by atoms with Crippen LogP contribution in [-0.2, 0) is 9.59 Å². The lowest BCUT2D eigenvalue weighted by atomic mass is 10.1. The Hall–Kier alpha value is -1.14. The molecule has 0 aliphatic carbocycles. The third kappa shape index (κ3) is 6.91. The van der Waals surface area contributed by atoms with Gasteiger partial charge in [-0.25, -0.2) is 5.01 Å². The summed E-state index contributed by atoms with van der Waals surface area (Å²) in [5.74, 6) is -0.615. The highest BCUT2D eigenvalue weighted by Gasteiger charge is 2.20. The molecule has 2 unspecified atom stereocenters. The van der Waals surface area contributed by atoms with Gasteiger partial charge in [0, 0.05) is 28.3 Å². The van der Waals surface area contributed by atoms with E-state index >= 15 is 0 Å². The molecule has 0 aliphatic rings. The Morgan fingerprint density at radius 2 is 2.06 bits per heavy atom. The van der Waals surface area contributed by atoms with E-state index in [-0.39, 0.29) is 19.4 Å². The lowest BCUT2D eigenvalue weighted by Crippen LogP contribution is -2.51. The fourth-order valence-corrected chi connectivity index (χ4v) is 1.51. The lowest BCUT2D eigenvalue weighted by Gasteiger charge is -2.28. The molecule has 0 radical (unpaired) electrons. The summed E-state index contributed by atoms with van der Waals surface area (Å²) in [4.78, 5) is 22.1. The minimum absolute atomic E-state index is 0.202. The Morgan fingerprint density at radius 1 is 1.41 bits per heavy atom. The van der Waals surface area contributed by atoms with E-state index in [0.29, 0.717) is 13.0 Å². The lowest BCUT2D eigenvalue weighted by molar-refractivity contribution is -0.125. The normalized spacial score (nSPS) is 15.0. The molecule has 0 aromatic rings. The van der Waals surface area contributed by atoms with Crippen molar-refractivity contribution in [3.8, 4) is 0 Å². The van der Waals surface area contributed by atoms with Gasteiger partial charge in [0.1, 0.15) is 0 Å². The molecule has 0 heterocycles. The third-order valence-electron chi connectivity index (χ3n) is 2.36. The van der Waals surface area contributed by atoms with Crippen molar-refractivity contribution in [3.05, 3.63) is 0 Å². The Labute approximate surface area is 104 Å². The fraction of sp³-hybridized carbons (Fsp3) is 0.818. The van der Waals surface area contributed by atoms with E-state index in [2.05, 4.69) is 10.7 Å². The molecule has 0 aromatic heterocycles. The molecule has 0 spiro atoms. The van der Waals surface area contributed by atoms with Crippen LogP contribution in [0.25, 0.3) is 0 Å². The molecule has 0 rings (SSSR count). The molecule has 2 amide bonds. The van der Waals surface area contributed by atoms with Crippen LogP contribution in [0, 0.1) is 0 Å². The first-order chi connectivity index (χ1) is 8.44. The van der Waals surface area contributed by atoms with E-state index < -0.39 is 18.1 Å². The van der Waals surface area contributed by atoms with Gasteiger partial charge in [-0.1, -0.05) is 13.8 Å². The van der Waals surface area contributed by atoms with Crippen LogP contribution in [0.1, 0.15) is 35.5 Å². The summed E-state index contributed by atoms with van der Waals surface area (Å²) in [5, 5.41) is 14.2. The average Bonchev–Trinajstić information content (AvgIpc) is 2.33. The van der Waals surface area contributed by atoms with Gasteiger partial charge < -0.3 is 10.4 Å². The maximum absolute atomic E-state index is 11.1. The summed E-state index contributed by atoms with van der Waals surface area (Å²) in [6.45, 7) is 5.52. The topological polar surface area (TPSA) is 81.7 Å². The van der Waals surface area contributed by atoms with Crippen LogP contribution < -0.4 is 10.7 Å². The van der Waals surface area contributed by atoms with E-state index in [1.54, 1.807) is 5.01 Å². The Kier molecular flexibility index (Phi) is 6.57. The Balaban J connectivity index is 4.35. The second-order valence-electron chi connectivity index (χ2n) is 3.86. The number of aliphatic hydroxyl groups excluding tert-OH is 1. The summed E-state index contributed by atoms with van der Waals surface area (Å²) in [6, 6.07) is -0.411. The number of hydrazine groups is 1. The molecule has 0 bridgehead atoms. The molecule has 6 nitrogen and oxygen atoms in total. The highest BCUT2D eigenvalue weighted by Crippen LogP contribution is 2.01. The minimum atomic E-state index is -0.794. The SMILES string of the molecule is [3H]CC(=O)NC(CC)C(O)CN(CC)NC(C)=O. The van der Waals surface area contributed by atoms with Crippen LogP contribution >= 0.6 is 0 Å². The molecular formula is C11H23N3O3. The van der Waals surface area contributed by atoms with Crippen molar-refractivity contribution in [2.45, 2.75) is 46.2 Å². The smallest absolute Gasteiger partial charge is 0.231 e. The number of hydrogen-bond donors (Lipinski definition) is 3. The van der Waals surface area contributed by atoms with Gasteiger partial charge in [-0.05, 0) is 6.42 Å². The number of amides is 2. The first-order valence-corrected chi connectivity index (χ1v) is 5.73. The number of nitrogens with one attached hydrogen (secondary N) is 2. The predicted octanol–water partition coefficient (Wildman–Crippen LogP) is -0.365. The molecule has 0 saturated carbocycles. The Morgan fingerprint density at radius 3 is 2.47 bits per heavy atom. The molecule has 0 aromatic carbocycles. The molecule has 100 valence electrons. The summed E-state index contributed by atoms with van der Waals surface area (Å²) >= 11 is 0. The van der Waals surface area contributed by atoms with Crippen LogP contribution in [0.4, 0.5) is 0 Å². The van der Waals surface area contributed by atoms with E-state index in [0.717, 1.165) is 0 Å². The maximum Gasteiger partial charge on any atom is 0.231 e. The summed E-state index contributed by atoms with van der Waals surface area (Å²) in [5.41, 5.74) is 2.59. The number of aliphatic hydroxyl groups is 1. The first-order valence-electron chi connectivity index (χ1n) is 6.44. The second-order valence-corrected chi connectivity index (χ2v) is 3.86. The van der Waals surface area contributed by atoms with Gasteiger partial charge in [-0.3, -0.25) is 15.0 Å². The van der Waals surface area contributed by atoms with Crippen molar-refractivity contribution in [3.63, 3.8) is 0 Å². The van der Waals surface area contributed by atoms with Gasteiger partial charge in [-0.2, -0.15) is 0 Å².